The number of aliphatic carboxylic acids is 1. The van der Waals surface area contributed by atoms with Gasteiger partial charge in [-0.25, -0.2) is 4.79 Å². The molecular formula is C10H8ClNO3. The van der Waals surface area contributed by atoms with E-state index in [4.69, 9.17) is 16.7 Å². The van der Waals surface area contributed by atoms with Gasteiger partial charge in [-0.1, -0.05) is 11.6 Å². The standard InChI is InChI=1S/C10H8ClNO3/c11-5-1-2-6-7(3-5)12-8(10(14)15)4-9(6)13/h1-3,8,12H,4H2,(H,14,15). The summed E-state index contributed by atoms with van der Waals surface area (Å²) in [5.41, 5.74) is 0.989. The number of carbonyl (C=O) groups excluding carboxylic acids is 1. The van der Waals surface area contributed by atoms with Gasteiger partial charge in [0.15, 0.2) is 5.78 Å². The summed E-state index contributed by atoms with van der Waals surface area (Å²) in [4.78, 5) is 22.3. The number of anilines is 1. The smallest absolute Gasteiger partial charge is 0.326 e. The van der Waals surface area contributed by atoms with Gasteiger partial charge in [-0.15, -0.1) is 0 Å². The molecule has 0 amide bonds. The molecule has 0 aliphatic carbocycles. The first kappa shape index (κ1) is 9.98. The second-order valence-corrected chi connectivity index (χ2v) is 3.79. The molecule has 0 fully saturated rings. The van der Waals surface area contributed by atoms with E-state index in [1.54, 1.807) is 18.2 Å². The maximum Gasteiger partial charge on any atom is 0.326 e. The third-order valence-electron chi connectivity index (χ3n) is 2.30. The summed E-state index contributed by atoms with van der Waals surface area (Å²) < 4.78 is 0. The summed E-state index contributed by atoms with van der Waals surface area (Å²) in [6.45, 7) is 0. The molecule has 1 aromatic carbocycles. The Balaban J connectivity index is 2.41. The van der Waals surface area contributed by atoms with E-state index in [9.17, 15) is 9.59 Å². The van der Waals surface area contributed by atoms with Crippen molar-refractivity contribution in [2.24, 2.45) is 0 Å². The Hall–Kier alpha value is -1.55. The lowest BCUT2D eigenvalue weighted by atomic mass is 9.97. The van der Waals surface area contributed by atoms with Gasteiger partial charge in [0.05, 0.1) is 0 Å². The molecular weight excluding hydrogens is 218 g/mol. The molecule has 1 aromatic rings. The van der Waals surface area contributed by atoms with Gasteiger partial charge in [-0.3, -0.25) is 4.79 Å². The molecule has 0 aromatic heterocycles. The van der Waals surface area contributed by atoms with Crippen molar-refractivity contribution in [3.05, 3.63) is 28.8 Å². The van der Waals surface area contributed by atoms with Crippen molar-refractivity contribution < 1.29 is 14.7 Å². The van der Waals surface area contributed by atoms with Crippen LogP contribution in [0.3, 0.4) is 0 Å². The molecule has 2 N–H and O–H groups in total. The fourth-order valence-corrected chi connectivity index (χ4v) is 1.73. The van der Waals surface area contributed by atoms with Crippen LogP contribution in [-0.4, -0.2) is 22.9 Å². The monoisotopic (exact) mass is 225 g/mol. The lowest BCUT2D eigenvalue weighted by Crippen LogP contribution is -2.35. The van der Waals surface area contributed by atoms with Crippen LogP contribution in [0, 0.1) is 0 Å². The Morgan fingerprint density at radius 3 is 2.93 bits per heavy atom. The van der Waals surface area contributed by atoms with E-state index >= 15 is 0 Å². The van der Waals surface area contributed by atoms with Crippen molar-refractivity contribution in [1.29, 1.82) is 0 Å². The molecule has 0 saturated heterocycles. The maximum atomic E-state index is 11.6. The summed E-state index contributed by atoms with van der Waals surface area (Å²) in [6.07, 6.45) is -0.0238. The Morgan fingerprint density at radius 1 is 1.53 bits per heavy atom. The Kier molecular flexibility index (Phi) is 2.36. The van der Waals surface area contributed by atoms with Crippen LogP contribution >= 0.6 is 11.6 Å². The van der Waals surface area contributed by atoms with Crippen molar-refractivity contribution in [2.45, 2.75) is 12.5 Å². The number of carboxylic acids is 1. The summed E-state index contributed by atoms with van der Waals surface area (Å²) >= 11 is 5.75. The number of benzene rings is 1. The third kappa shape index (κ3) is 1.80. The molecule has 1 heterocycles. The van der Waals surface area contributed by atoms with Crippen LogP contribution in [-0.2, 0) is 4.79 Å². The van der Waals surface area contributed by atoms with Gasteiger partial charge in [0.2, 0.25) is 0 Å². The number of carbonyl (C=O) groups is 2. The lowest BCUT2D eigenvalue weighted by Gasteiger charge is -2.22. The second-order valence-electron chi connectivity index (χ2n) is 3.35. The number of nitrogens with one attached hydrogen (secondary N) is 1. The number of ketones is 1. The van der Waals surface area contributed by atoms with Gasteiger partial charge < -0.3 is 10.4 Å². The summed E-state index contributed by atoms with van der Waals surface area (Å²) in [7, 11) is 0. The first-order chi connectivity index (χ1) is 7.08. The predicted molar refractivity (Wildman–Crippen MR) is 55.4 cm³/mol. The van der Waals surface area contributed by atoms with Gasteiger partial charge in [0.25, 0.3) is 0 Å². The minimum atomic E-state index is -1.03. The predicted octanol–water partition coefficient (Wildman–Crippen LogP) is 1.79. The molecule has 0 bridgehead atoms. The highest BCUT2D eigenvalue weighted by molar-refractivity contribution is 6.31. The highest BCUT2D eigenvalue weighted by Gasteiger charge is 2.28. The Bertz CT molecular complexity index is 444. The number of hydrogen-bond acceptors (Lipinski definition) is 3. The van der Waals surface area contributed by atoms with Crippen molar-refractivity contribution in [3.63, 3.8) is 0 Å². The van der Waals surface area contributed by atoms with Crippen LogP contribution in [0.2, 0.25) is 5.02 Å². The topological polar surface area (TPSA) is 66.4 Å². The van der Waals surface area contributed by atoms with E-state index < -0.39 is 12.0 Å². The van der Waals surface area contributed by atoms with Crippen LogP contribution < -0.4 is 5.32 Å². The van der Waals surface area contributed by atoms with E-state index in [1.807, 2.05) is 0 Å². The number of fused-ring (bicyclic) bond motifs is 1. The lowest BCUT2D eigenvalue weighted by molar-refractivity contribution is -0.137. The molecule has 0 radical (unpaired) electrons. The number of rotatable bonds is 1. The molecule has 15 heavy (non-hydrogen) atoms. The minimum absolute atomic E-state index is 0.0238. The van der Waals surface area contributed by atoms with Gasteiger partial charge in [0, 0.05) is 22.7 Å². The van der Waals surface area contributed by atoms with Crippen LogP contribution in [0.1, 0.15) is 16.8 Å². The highest BCUT2D eigenvalue weighted by atomic mass is 35.5. The Labute approximate surface area is 90.9 Å². The van der Waals surface area contributed by atoms with Crippen LogP contribution in [0.25, 0.3) is 0 Å². The van der Waals surface area contributed by atoms with Crippen molar-refractivity contribution in [3.8, 4) is 0 Å². The molecule has 1 aliphatic heterocycles. The molecule has 2 rings (SSSR count). The molecule has 1 atom stereocenters. The van der Waals surface area contributed by atoms with Crippen molar-refractivity contribution >= 4 is 29.0 Å². The van der Waals surface area contributed by atoms with Crippen molar-refractivity contribution in [1.82, 2.24) is 0 Å². The quantitative estimate of drug-likeness (QED) is 0.765. The van der Waals surface area contributed by atoms with Crippen LogP contribution in [0.4, 0.5) is 5.69 Å². The first-order valence-corrected chi connectivity index (χ1v) is 4.78. The van der Waals surface area contributed by atoms with Gasteiger partial charge in [-0.05, 0) is 18.2 Å². The van der Waals surface area contributed by atoms with E-state index in [2.05, 4.69) is 5.32 Å². The summed E-state index contributed by atoms with van der Waals surface area (Å²) in [5.74, 6) is -1.21. The molecule has 0 spiro atoms. The highest BCUT2D eigenvalue weighted by Crippen LogP contribution is 2.27. The molecule has 1 aliphatic rings. The zero-order valence-electron chi connectivity index (χ0n) is 7.66. The zero-order valence-corrected chi connectivity index (χ0v) is 8.41. The third-order valence-corrected chi connectivity index (χ3v) is 2.53. The number of halogens is 1. The largest absolute Gasteiger partial charge is 0.480 e. The summed E-state index contributed by atoms with van der Waals surface area (Å²) in [6, 6.07) is 3.92. The number of Topliss-reactive ketones (excluding diaryl/α,β-unsaturated/α-hetero) is 1. The number of carboxylic acid groups (broad SMARTS) is 1. The normalized spacial score (nSPS) is 19.3. The van der Waals surface area contributed by atoms with Crippen LogP contribution in [0.15, 0.2) is 18.2 Å². The van der Waals surface area contributed by atoms with E-state index in [-0.39, 0.29) is 12.2 Å². The molecule has 4 nitrogen and oxygen atoms in total. The minimum Gasteiger partial charge on any atom is -0.480 e. The first-order valence-electron chi connectivity index (χ1n) is 4.40. The van der Waals surface area contributed by atoms with E-state index in [0.717, 1.165) is 0 Å². The average Bonchev–Trinajstić information content (AvgIpc) is 2.16. The average molecular weight is 226 g/mol. The Morgan fingerprint density at radius 2 is 2.27 bits per heavy atom. The molecule has 0 saturated carbocycles. The van der Waals surface area contributed by atoms with Gasteiger partial charge >= 0.3 is 5.97 Å². The van der Waals surface area contributed by atoms with Gasteiger partial charge in [-0.2, -0.15) is 0 Å². The molecule has 78 valence electrons. The second kappa shape index (κ2) is 3.55. The van der Waals surface area contributed by atoms with Gasteiger partial charge in [0.1, 0.15) is 6.04 Å². The zero-order chi connectivity index (χ0) is 11.0. The molecule has 1 unspecified atom stereocenters. The number of hydrogen-bond donors (Lipinski definition) is 2. The molecule has 5 heteroatoms. The SMILES string of the molecule is O=C1CC(C(=O)O)Nc2cc(Cl)ccc21. The summed E-state index contributed by atoms with van der Waals surface area (Å²) in [5, 5.41) is 12.0. The van der Waals surface area contributed by atoms with Crippen molar-refractivity contribution in [2.75, 3.05) is 5.32 Å². The van der Waals surface area contributed by atoms with Crippen LogP contribution in [0.5, 0.6) is 0 Å². The van der Waals surface area contributed by atoms with E-state index in [1.165, 1.54) is 0 Å². The fraction of sp³-hybridized carbons (Fsp3) is 0.200. The maximum absolute atomic E-state index is 11.6. The fourth-order valence-electron chi connectivity index (χ4n) is 1.56. The van der Waals surface area contributed by atoms with E-state index in [0.29, 0.717) is 16.3 Å².